The summed E-state index contributed by atoms with van der Waals surface area (Å²) >= 11 is 1.37. The SMILES string of the molecule is Cc1nc(C)c(C(=O)N[C@H]2C[C@H]3CN(C(=O)c4occc4C)C[C@H]3C[C@@H]2O)s1. The van der Waals surface area contributed by atoms with Gasteiger partial charge in [0.2, 0.25) is 0 Å². The fourth-order valence-electron chi connectivity index (χ4n) is 4.46. The van der Waals surface area contributed by atoms with Crippen molar-refractivity contribution in [3.8, 4) is 0 Å². The molecule has 2 fully saturated rings. The minimum atomic E-state index is -0.611. The van der Waals surface area contributed by atoms with E-state index in [-0.39, 0.29) is 29.7 Å². The molecule has 150 valence electrons. The lowest BCUT2D eigenvalue weighted by Crippen LogP contribution is -2.49. The third-order valence-corrected chi connectivity index (χ3v) is 6.98. The van der Waals surface area contributed by atoms with Crippen molar-refractivity contribution in [2.75, 3.05) is 13.1 Å². The maximum Gasteiger partial charge on any atom is 0.289 e. The minimum Gasteiger partial charge on any atom is -0.459 e. The van der Waals surface area contributed by atoms with Crippen molar-refractivity contribution < 1.29 is 19.1 Å². The summed E-state index contributed by atoms with van der Waals surface area (Å²) in [5.41, 5.74) is 1.55. The average molecular weight is 404 g/mol. The Morgan fingerprint density at radius 1 is 1.25 bits per heavy atom. The first-order valence-corrected chi connectivity index (χ1v) is 10.4. The highest BCUT2D eigenvalue weighted by molar-refractivity contribution is 7.13. The van der Waals surface area contributed by atoms with Crippen LogP contribution in [0.15, 0.2) is 16.7 Å². The standard InChI is InChI=1S/C20H25N3O4S/c1-10-4-5-27-17(10)20(26)23-8-13-6-15(16(24)7-14(13)9-23)22-19(25)18-11(2)21-12(3)28-18/h4-5,13-16,24H,6-9H2,1-3H3,(H,22,25)/t13-,14+,15-,16-/m0/s1. The van der Waals surface area contributed by atoms with Crippen molar-refractivity contribution in [1.82, 2.24) is 15.2 Å². The van der Waals surface area contributed by atoms with Gasteiger partial charge in [-0.2, -0.15) is 0 Å². The van der Waals surface area contributed by atoms with Crippen LogP contribution in [0.2, 0.25) is 0 Å². The zero-order valence-corrected chi connectivity index (χ0v) is 17.1. The molecule has 1 aliphatic carbocycles. The van der Waals surface area contributed by atoms with Gasteiger partial charge in [-0.05, 0) is 51.5 Å². The second-order valence-corrected chi connectivity index (χ2v) is 9.13. The number of rotatable bonds is 3. The molecule has 1 saturated heterocycles. The van der Waals surface area contributed by atoms with Gasteiger partial charge in [0.15, 0.2) is 5.76 Å². The molecule has 8 heteroatoms. The highest BCUT2D eigenvalue weighted by Crippen LogP contribution is 2.37. The number of aliphatic hydroxyl groups excluding tert-OH is 1. The van der Waals surface area contributed by atoms with Gasteiger partial charge in [-0.1, -0.05) is 0 Å². The van der Waals surface area contributed by atoms with Crippen LogP contribution >= 0.6 is 11.3 Å². The molecule has 0 aromatic carbocycles. The molecule has 4 atom stereocenters. The van der Waals surface area contributed by atoms with E-state index >= 15 is 0 Å². The van der Waals surface area contributed by atoms with Gasteiger partial charge in [-0.3, -0.25) is 9.59 Å². The molecule has 0 unspecified atom stereocenters. The van der Waals surface area contributed by atoms with Gasteiger partial charge < -0.3 is 19.7 Å². The van der Waals surface area contributed by atoms with Crippen molar-refractivity contribution in [3.05, 3.63) is 39.2 Å². The lowest BCUT2D eigenvalue weighted by atomic mass is 9.77. The number of hydrogen-bond acceptors (Lipinski definition) is 6. The third-order valence-electron chi connectivity index (χ3n) is 5.91. The average Bonchev–Trinajstić information content (AvgIpc) is 3.33. The molecule has 28 heavy (non-hydrogen) atoms. The van der Waals surface area contributed by atoms with E-state index in [4.69, 9.17) is 4.42 Å². The highest BCUT2D eigenvalue weighted by Gasteiger charge is 2.44. The first-order valence-electron chi connectivity index (χ1n) is 9.59. The molecule has 3 heterocycles. The summed E-state index contributed by atoms with van der Waals surface area (Å²) in [5.74, 6) is 0.623. The number of aliphatic hydroxyl groups is 1. The van der Waals surface area contributed by atoms with Gasteiger partial charge in [0.05, 0.1) is 29.1 Å². The number of hydrogen-bond donors (Lipinski definition) is 2. The minimum absolute atomic E-state index is 0.0947. The van der Waals surface area contributed by atoms with Crippen LogP contribution in [0.3, 0.4) is 0 Å². The van der Waals surface area contributed by atoms with E-state index in [1.807, 2.05) is 25.7 Å². The molecule has 1 aliphatic heterocycles. The molecule has 2 N–H and O–H groups in total. The Hall–Kier alpha value is -2.19. The first kappa shape index (κ1) is 19.1. The van der Waals surface area contributed by atoms with Crippen molar-refractivity contribution in [3.63, 3.8) is 0 Å². The zero-order valence-electron chi connectivity index (χ0n) is 16.3. The van der Waals surface area contributed by atoms with Crippen LogP contribution in [-0.4, -0.2) is 52.0 Å². The Kier molecular flexibility index (Phi) is 5.01. The van der Waals surface area contributed by atoms with E-state index in [0.717, 1.165) is 16.3 Å². The van der Waals surface area contributed by atoms with Crippen molar-refractivity contribution in [1.29, 1.82) is 0 Å². The van der Waals surface area contributed by atoms with Crippen LogP contribution in [0.1, 0.15) is 49.3 Å². The summed E-state index contributed by atoms with van der Waals surface area (Å²) in [6, 6.07) is 1.48. The van der Waals surface area contributed by atoms with E-state index in [0.29, 0.717) is 36.6 Å². The monoisotopic (exact) mass is 403 g/mol. The Bertz CT molecular complexity index is 905. The van der Waals surface area contributed by atoms with Gasteiger partial charge in [0, 0.05) is 18.7 Å². The molecular weight excluding hydrogens is 378 g/mol. The number of likely N-dealkylation sites (tertiary alicyclic amines) is 1. The van der Waals surface area contributed by atoms with Crippen LogP contribution in [0, 0.1) is 32.6 Å². The van der Waals surface area contributed by atoms with Crippen molar-refractivity contribution >= 4 is 23.2 Å². The van der Waals surface area contributed by atoms with E-state index in [2.05, 4.69) is 10.3 Å². The predicted molar refractivity (Wildman–Crippen MR) is 104 cm³/mol. The molecular formula is C20H25N3O4S. The Morgan fingerprint density at radius 2 is 1.96 bits per heavy atom. The summed E-state index contributed by atoms with van der Waals surface area (Å²) in [5, 5.41) is 14.4. The number of carbonyl (C=O) groups is 2. The molecule has 0 radical (unpaired) electrons. The smallest absolute Gasteiger partial charge is 0.289 e. The van der Waals surface area contributed by atoms with Crippen LogP contribution < -0.4 is 5.32 Å². The molecule has 0 spiro atoms. The molecule has 7 nitrogen and oxygen atoms in total. The van der Waals surface area contributed by atoms with Crippen LogP contribution in [-0.2, 0) is 0 Å². The fraction of sp³-hybridized carbons (Fsp3) is 0.550. The Balaban J connectivity index is 1.42. The normalized spacial score (nSPS) is 26.9. The van der Waals surface area contributed by atoms with E-state index in [1.165, 1.54) is 17.6 Å². The second kappa shape index (κ2) is 7.33. The number of furan rings is 1. The third kappa shape index (κ3) is 3.46. The van der Waals surface area contributed by atoms with Gasteiger partial charge in [0.25, 0.3) is 11.8 Å². The Morgan fingerprint density at radius 3 is 2.57 bits per heavy atom. The van der Waals surface area contributed by atoms with Crippen molar-refractivity contribution in [2.24, 2.45) is 11.8 Å². The molecule has 2 aliphatic rings. The van der Waals surface area contributed by atoms with Crippen LogP contribution in [0.25, 0.3) is 0 Å². The molecule has 2 aromatic rings. The van der Waals surface area contributed by atoms with E-state index in [9.17, 15) is 14.7 Å². The van der Waals surface area contributed by atoms with E-state index in [1.54, 1.807) is 6.07 Å². The number of nitrogens with zero attached hydrogens (tertiary/aromatic N) is 2. The van der Waals surface area contributed by atoms with Crippen molar-refractivity contribution in [2.45, 2.75) is 45.8 Å². The second-order valence-electron chi connectivity index (χ2n) is 7.93. The number of fused-ring (bicyclic) bond motifs is 1. The number of aromatic nitrogens is 1. The fourth-order valence-corrected chi connectivity index (χ4v) is 5.29. The molecule has 4 rings (SSSR count). The van der Waals surface area contributed by atoms with Gasteiger partial charge in [-0.15, -0.1) is 11.3 Å². The van der Waals surface area contributed by atoms with Gasteiger partial charge in [-0.25, -0.2) is 4.98 Å². The first-order chi connectivity index (χ1) is 13.3. The summed E-state index contributed by atoms with van der Waals surface area (Å²) < 4.78 is 5.35. The maximum absolute atomic E-state index is 12.7. The lowest BCUT2D eigenvalue weighted by molar-refractivity contribution is 0.0462. The summed E-state index contributed by atoms with van der Waals surface area (Å²) in [7, 11) is 0. The lowest BCUT2D eigenvalue weighted by Gasteiger charge is -2.35. The van der Waals surface area contributed by atoms with Gasteiger partial charge in [0.1, 0.15) is 4.88 Å². The van der Waals surface area contributed by atoms with Gasteiger partial charge >= 0.3 is 0 Å². The largest absolute Gasteiger partial charge is 0.459 e. The summed E-state index contributed by atoms with van der Waals surface area (Å²) in [4.78, 5) is 32.1. The molecule has 2 aromatic heterocycles. The summed E-state index contributed by atoms with van der Waals surface area (Å²) in [6.07, 6.45) is 2.16. The molecule has 0 bridgehead atoms. The highest BCUT2D eigenvalue weighted by atomic mass is 32.1. The maximum atomic E-state index is 12.7. The molecule has 2 amide bonds. The number of thiazole rings is 1. The number of nitrogens with one attached hydrogen (secondary N) is 1. The number of aryl methyl sites for hydroxylation is 3. The predicted octanol–water partition coefficient (Wildman–Crippen LogP) is 2.30. The summed E-state index contributed by atoms with van der Waals surface area (Å²) in [6.45, 7) is 6.80. The topological polar surface area (TPSA) is 95.7 Å². The molecule has 1 saturated carbocycles. The van der Waals surface area contributed by atoms with Crippen LogP contribution in [0.5, 0.6) is 0 Å². The number of amides is 2. The number of carbonyl (C=O) groups excluding carboxylic acids is 2. The van der Waals surface area contributed by atoms with E-state index < -0.39 is 6.10 Å². The van der Waals surface area contributed by atoms with Crippen LogP contribution in [0.4, 0.5) is 0 Å². The Labute approximate surface area is 167 Å². The zero-order chi connectivity index (χ0) is 20.0. The quantitative estimate of drug-likeness (QED) is 0.820.